The molecule has 98 valence electrons. The number of nitrogens with two attached hydrogens (primary N) is 1. The summed E-state index contributed by atoms with van der Waals surface area (Å²) in [5, 5.41) is 4.59. The fourth-order valence-corrected chi connectivity index (χ4v) is 2.86. The van der Waals surface area contributed by atoms with E-state index in [0.717, 1.165) is 28.9 Å². The van der Waals surface area contributed by atoms with Gasteiger partial charge in [0.05, 0.1) is 5.39 Å². The third-order valence-corrected chi connectivity index (χ3v) is 4.14. The first-order chi connectivity index (χ1) is 8.55. The zero-order valence-corrected chi connectivity index (χ0v) is 12.0. The molecule has 0 amide bonds. The first kappa shape index (κ1) is 13.2. The summed E-state index contributed by atoms with van der Waals surface area (Å²) >= 11 is 1.73. The average Bonchev–Trinajstić information content (AvgIpc) is 2.72. The van der Waals surface area contributed by atoms with E-state index in [9.17, 15) is 0 Å². The normalized spacial score (nSPS) is 12.0. The molecule has 0 radical (unpaired) electrons. The molecule has 0 aromatic carbocycles. The van der Waals surface area contributed by atoms with Crippen molar-refractivity contribution in [3.05, 3.63) is 17.3 Å². The summed E-state index contributed by atoms with van der Waals surface area (Å²) in [7, 11) is 0. The van der Waals surface area contributed by atoms with Crippen molar-refractivity contribution in [2.24, 2.45) is 5.73 Å². The van der Waals surface area contributed by atoms with Crippen molar-refractivity contribution < 1.29 is 0 Å². The molecule has 0 saturated heterocycles. The predicted molar refractivity (Wildman–Crippen MR) is 78.2 cm³/mol. The van der Waals surface area contributed by atoms with E-state index >= 15 is 0 Å². The second-order valence-corrected chi connectivity index (χ2v) is 6.17. The minimum absolute atomic E-state index is 0.0512. The van der Waals surface area contributed by atoms with Crippen LogP contribution in [0, 0.1) is 0 Å². The van der Waals surface area contributed by atoms with Crippen LogP contribution >= 0.6 is 11.3 Å². The van der Waals surface area contributed by atoms with Crippen LogP contribution in [0.25, 0.3) is 10.2 Å². The molecule has 5 heteroatoms. The number of hydrogen-bond donors (Lipinski definition) is 2. The van der Waals surface area contributed by atoms with E-state index in [2.05, 4.69) is 42.1 Å². The smallest absolute Gasteiger partial charge is 0.138 e. The number of fused-ring (bicyclic) bond motifs is 1. The second kappa shape index (κ2) is 5.20. The Morgan fingerprint density at radius 3 is 2.83 bits per heavy atom. The number of nitrogens with zero attached hydrogens (tertiary/aromatic N) is 2. The van der Waals surface area contributed by atoms with Gasteiger partial charge in [-0.15, -0.1) is 11.3 Å². The van der Waals surface area contributed by atoms with Gasteiger partial charge < -0.3 is 11.1 Å². The van der Waals surface area contributed by atoms with Gasteiger partial charge in [0.15, 0.2) is 0 Å². The van der Waals surface area contributed by atoms with Crippen LogP contribution in [-0.2, 0) is 6.42 Å². The van der Waals surface area contributed by atoms with Crippen molar-refractivity contribution >= 4 is 27.4 Å². The van der Waals surface area contributed by atoms with Crippen LogP contribution < -0.4 is 11.1 Å². The highest BCUT2D eigenvalue weighted by Gasteiger charge is 2.19. The molecule has 0 bridgehead atoms. The van der Waals surface area contributed by atoms with Gasteiger partial charge in [-0.05, 0) is 39.3 Å². The molecule has 18 heavy (non-hydrogen) atoms. The Labute approximate surface area is 112 Å². The van der Waals surface area contributed by atoms with Crippen molar-refractivity contribution in [1.29, 1.82) is 0 Å². The lowest BCUT2D eigenvalue weighted by Gasteiger charge is -2.26. The first-order valence-electron chi connectivity index (χ1n) is 6.27. The summed E-state index contributed by atoms with van der Waals surface area (Å²) in [5.74, 6) is 0.911. The van der Waals surface area contributed by atoms with E-state index in [1.54, 1.807) is 17.7 Å². The number of rotatable bonds is 5. The lowest BCUT2D eigenvalue weighted by atomic mass is 10.0. The minimum atomic E-state index is -0.0512. The molecular weight excluding hydrogens is 244 g/mol. The zero-order chi connectivity index (χ0) is 13.2. The molecule has 0 aliphatic heterocycles. The average molecular weight is 264 g/mol. The maximum absolute atomic E-state index is 5.64. The summed E-state index contributed by atoms with van der Waals surface area (Å²) in [6.07, 6.45) is 3.56. The molecule has 2 aromatic heterocycles. The van der Waals surface area contributed by atoms with Gasteiger partial charge in [0, 0.05) is 10.4 Å². The van der Waals surface area contributed by atoms with Crippen LogP contribution in [0.3, 0.4) is 0 Å². The highest BCUT2D eigenvalue weighted by atomic mass is 32.1. The van der Waals surface area contributed by atoms with E-state index in [-0.39, 0.29) is 5.54 Å². The van der Waals surface area contributed by atoms with Crippen molar-refractivity contribution in [3.8, 4) is 0 Å². The van der Waals surface area contributed by atoms with Crippen molar-refractivity contribution in [2.45, 2.75) is 39.2 Å². The van der Waals surface area contributed by atoms with Gasteiger partial charge in [0.1, 0.15) is 17.0 Å². The van der Waals surface area contributed by atoms with Crippen LogP contribution in [0.4, 0.5) is 5.82 Å². The quantitative estimate of drug-likeness (QED) is 0.871. The SMILES string of the molecule is CCc1cc2c(NC(C)(C)CCN)ncnc2s1. The fourth-order valence-electron chi connectivity index (χ4n) is 1.92. The maximum Gasteiger partial charge on any atom is 0.138 e. The standard InChI is InChI=1S/C13H20N4S/c1-4-9-7-10-11(15-8-16-12(10)18-9)17-13(2,3)5-6-14/h7-8H,4-6,14H2,1-3H3,(H,15,16,17). The molecule has 0 aliphatic carbocycles. The third-order valence-electron chi connectivity index (χ3n) is 2.96. The molecular formula is C13H20N4S. The molecule has 0 atom stereocenters. The number of aromatic nitrogens is 2. The highest BCUT2D eigenvalue weighted by molar-refractivity contribution is 7.18. The lowest BCUT2D eigenvalue weighted by Crippen LogP contribution is -2.33. The number of thiophene rings is 1. The molecule has 0 fully saturated rings. The van der Waals surface area contributed by atoms with Crippen LogP contribution in [0.2, 0.25) is 0 Å². The van der Waals surface area contributed by atoms with Gasteiger partial charge in [0.2, 0.25) is 0 Å². The summed E-state index contributed by atoms with van der Waals surface area (Å²) in [5.41, 5.74) is 5.58. The summed E-state index contributed by atoms with van der Waals surface area (Å²) in [4.78, 5) is 11.1. The van der Waals surface area contributed by atoms with Crippen LogP contribution in [0.5, 0.6) is 0 Å². The lowest BCUT2D eigenvalue weighted by molar-refractivity contribution is 0.525. The Morgan fingerprint density at radius 1 is 1.39 bits per heavy atom. The van der Waals surface area contributed by atoms with E-state index in [1.165, 1.54) is 4.88 Å². The second-order valence-electron chi connectivity index (χ2n) is 5.05. The van der Waals surface area contributed by atoms with Gasteiger partial charge in [-0.3, -0.25) is 0 Å². The Bertz CT molecular complexity index is 533. The largest absolute Gasteiger partial charge is 0.365 e. The Balaban J connectivity index is 2.35. The van der Waals surface area contributed by atoms with Crippen molar-refractivity contribution in [2.75, 3.05) is 11.9 Å². The molecule has 0 saturated carbocycles. The molecule has 3 N–H and O–H groups in total. The Kier molecular flexibility index (Phi) is 3.82. The van der Waals surface area contributed by atoms with E-state index in [4.69, 9.17) is 5.73 Å². The van der Waals surface area contributed by atoms with E-state index in [1.807, 2.05) is 0 Å². The maximum atomic E-state index is 5.64. The van der Waals surface area contributed by atoms with Gasteiger partial charge in [-0.1, -0.05) is 6.92 Å². The fraction of sp³-hybridized carbons (Fsp3) is 0.538. The van der Waals surface area contributed by atoms with Gasteiger partial charge in [-0.2, -0.15) is 0 Å². The highest BCUT2D eigenvalue weighted by Crippen LogP contribution is 2.30. The van der Waals surface area contributed by atoms with Gasteiger partial charge in [0.25, 0.3) is 0 Å². The minimum Gasteiger partial charge on any atom is -0.365 e. The number of nitrogens with one attached hydrogen (secondary N) is 1. The number of aryl methyl sites for hydroxylation is 1. The first-order valence-corrected chi connectivity index (χ1v) is 7.09. The topological polar surface area (TPSA) is 63.8 Å². The van der Waals surface area contributed by atoms with Crippen LogP contribution in [0.1, 0.15) is 32.1 Å². The summed E-state index contributed by atoms with van der Waals surface area (Å²) in [6.45, 7) is 7.10. The van der Waals surface area contributed by atoms with E-state index in [0.29, 0.717) is 6.54 Å². The molecule has 2 aromatic rings. The molecule has 0 aliphatic rings. The van der Waals surface area contributed by atoms with Crippen molar-refractivity contribution in [3.63, 3.8) is 0 Å². The van der Waals surface area contributed by atoms with Gasteiger partial charge in [-0.25, -0.2) is 9.97 Å². The van der Waals surface area contributed by atoms with Gasteiger partial charge >= 0.3 is 0 Å². The third kappa shape index (κ3) is 2.79. The number of hydrogen-bond acceptors (Lipinski definition) is 5. The van der Waals surface area contributed by atoms with Crippen molar-refractivity contribution in [1.82, 2.24) is 9.97 Å². The summed E-state index contributed by atoms with van der Waals surface area (Å²) < 4.78 is 0. The molecule has 0 spiro atoms. The van der Waals surface area contributed by atoms with Crippen LogP contribution in [-0.4, -0.2) is 22.1 Å². The van der Waals surface area contributed by atoms with Crippen LogP contribution in [0.15, 0.2) is 12.4 Å². The Morgan fingerprint density at radius 2 is 2.17 bits per heavy atom. The Hall–Kier alpha value is -1.20. The molecule has 4 nitrogen and oxygen atoms in total. The predicted octanol–water partition coefficient (Wildman–Crippen LogP) is 2.79. The molecule has 2 rings (SSSR count). The van der Waals surface area contributed by atoms with E-state index < -0.39 is 0 Å². The number of anilines is 1. The molecule has 0 unspecified atom stereocenters. The zero-order valence-electron chi connectivity index (χ0n) is 11.2. The summed E-state index contributed by atoms with van der Waals surface area (Å²) in [6, 6.07) is 2.18. The monoisotopic (exact) mass is 264 g/mol. The molecule has 2 heterocycles.